The van der Waals surface area contributed by atoms with Crippen molar-refractivity contribution in [2.75, 3.05) is 19.5 Å². The first-order chi connectivity index (χ1) is 9.21. The van der Waals surface area contributed by atoms with Gasteiger partial charge in [-0.3, -0.25) is 0 Å². The van der Waals surface area contributed by atoms with E-state index in [-0.39, 0.29) is 34.7 Å². The SMILES string of the molecule is CCc1c(OC)c(OCC(F)(F)F)cc(N)c1C(=O)O. The van der Waals surface area contributed by atoms with Crippen LogP contribution in [0.3, 0.4) is 0 Å². The summed E-state index contributed by atoms with van der Waals surface area (Å²) in [5, 5.41) is 9.09. The van der Waals surface area contributed by atoms with Gasteiger partial charge in [0.15, 0.2) is 18.1 Å². The van der Waals surface area contributed by atoms with E-state index < -0.39 is 18.8 Å². The van der Waals surface area contributed by atoms with Gasteiger partial charge in [0, 0.05) is 11.6 Å². The van der Waals surface area contributed by atoms with Crippen LogP contribution in [-0.2, 0) is 6.42 Å². The Bertz CT molecular complexity index is 514. The van der Waals surface area contributed by atoms with Crippen LogP contribution in [0.25, 0.3) is 0 Å². The van der Waals surface area contributed by atoms with Gasteiger partial charge < -0.3 is 20.3 Å². The summed E-state index contributed by atoms with van der Waals surface area (Å²) in [5.41, 5.74) is 5.39. The third-order valence-electron chi connectivity index (χ3n) is 2.54. The molecule has 5 nitrogen and oxygen atoms in total. The zero-order chi connectivity index (χ0) is 15.5. The van der Waals surface area contributed by atoms with Crippen molar-refractivity contribution in [2.24, 2.45) is 0 Å². The number of hydrogen-bond donors (Lipinski definition) is 2. The molecule has 20 heavy (non-hydrogen) atoms. The van der Waals surface area contributed by atoms with E-state index in [2.05, 4.69) is 4.74 Å². The van der Waals surface area contributed by atoms with Crippen molar-refractivity contribution in [3.63, 3.8) is 0 Å². The molecule has 8 heteroatoms. The first-order valence-electron chi connectivity index (χ1n) is 5.63. The maximum Gasteiger partial charge on any atom is 0.422 e. The van der Waals surface area contributed by atoms with Gasteiger partial charge in [0.25, 0.3) is 0 Å². The summed E-state index contributed by atoms with van der Waals surface area (Å²) in [7, 11) is 1.22. The number of carboxylic acid groups (broad SMARTS) is 1. The number of hydrogen-bond acceptors (Lipinski definition) is 4. The molecule has 0 spiro atoms. The largest absolute Gasteiger partial charge is 0.493 e. The summed E-state index contributed by atoms with van der Waals surface area (Å²) >= 11 is 0. The number of benzene rings is 1. The Kier molecular flexibility index (Phi) is 4.69. The second kappa shape index (κ2) is 5.89. The standard InChI is InChI=1S/C12H14F3NO4/c1-3-6-9(11(17)18)7(16)4-8(10(6)19-2)20-5-12(13,14)15/h4H,3,5,16H2,1-2H3,(H,17,18). The highest BCUT2D eigenvalue weighted by Crippen LogP contribution is 2.38. The number of methoxy groups -OCH3 is 1. The molecule has 0 unspecified atom stereocenters. The highest BCUT2D eigenvalue weighted by Gasteiger charge is 2.30. The molecule has 0 atom stereocenters. The molecule has 0 saturated heterocycles. The molecule has 112 valence electrons. The average molecular weight is 293 g/mol. The fourth-order valence-electron chi connectivity index (χ4n) is 1.80. The number of nitrogen functional groups attached to an aromatic ring is 1. The number of anilines is 1. The number of nitrogens with two attached hydrogens (primary N) is 1. The van der Waals surface area contributed by atoms with E-state index in [0.717, 1.165) is 6.07 Å². The lowest BCUT2D eigenvalue weighted by Gasteiger charge is -2.18. The molecule has 0 aliphatic heterocycles. The molecular formula is C12H14F3NO4. The minimum absolute atomic E-state index is 0.0525. The highest BCUT2D eigenvalue weighted by molar-refractivity contribution is 5.97. The van der Waals surface area contributed by atoms with Crippen LogP contribution in [-0.4, -0.2) is 31.0 Å². The summed E-state index contributed by atoms with van der Waals surface area (Å²) in [6, 6.07) is 1.02. The van der Waals surface area contributed by atoms with Crippen LogP contribution < -0.4 is 15.2 Å². The number of carbonyl (C=O) groups is 1. The van der Waals surface area contributed by atoms with Crippen LogP contribution in [0.15, 0.2) is 6.07 Å². The summed E-state index contributed by atoms with van der Waals surface area (Å²) < 4.78 is 46.1. The Morgan fingerprint density at radius 2 is 2.05 bits per heavy atom. The zero-order valence-electron chi connectivity index (χ0n) is 10.9. The highest BCUT2D eigenvalue weighted by atomic mass is 19.4. The zero-order valence-corrected chi connectivity index (χ0v) is 10.9. The monoisotopic (exact) mass is 293 g/mol. The molecule has 1 aromatic rings. The van der Waals surface area contributed by atoms with Crippen molar-refractivity contribution in [1.29, 1.82) is 0 Å². The van der Waals surface area contributed by atoms with Gasteiger partial charge in [-0.2, -0.15) is 13.2 Å². The minimum Gasteiger partial charge on any atom is -0.493 e. The number of aromatic carboxylic acids is 1. The van der Waals surface area contributed by atoms with Crippen molar-refractivity contribution < 1.29 is 32.5 Å². The minimum atomic E-state index is -4.52. The van der Waals surface area contributed by atoms with Crippen molar-refractivity contribution in [3.8, 4) is 11.5 Å². The van der Waals surface area contributed by atoms with E-state index in [0.29, 0.717) is 0 Å². The number of carboxylic acids is 1. The van der Waals surface area contributed by atoms with E-state index >= 15 is 0 Å². The molecule has 0 fully saturated rings. The smallest absolute Gasteiger partial charge is 0.422 e. The molecule has 0 heterocycles. The lowest BCUT2D eigenvalue weighted by atomic mass is 10.0. The van der Waals surface area contributed by atoms with E-state index in [9.17, 15) is 18.0 Å². The van der Waals surface area contributed by atoms with Crippen LogP contribution in [0, 0.1) is 0 Å². The van der Waals surface area contributed by atoms with Gasteiger partial charge in [-0.25, -0.2) is 4.79 Å². The maximum absolute atomic E-state index is 12.2. The van der Waals surface area contributed by atoms with Crippen molar-refractivity contribution in [3.05, 3.63) is 17.2 Å². The molecule has 1 aromatic carbocycles. The normalized spacial score (nSPS) is 11.2. The lowest BCUT2D eigenvalue weighted by Crippen LogP contribution is -2.20. The van der Waals surface area contributed by atoms with Crippen LogP contribution in [0.2, 0.25) is 0 Å². The number of alkyl halides is 3. The van der Waals surface area contributed by atoms with E-state index in [4.69, 9.17) is 15.6 Å². The molecule has 0 aliphatic rings. The Balaban J connectivity index is 3.33. The van der Waals surface area contributed by atoms with Crippen LogP contribution >= 0.6 is 0 Å². The number of rotatable bonds is 5. The number of halogens is 3. The molecular weight excluding hydrogens is 279 g/mol. The molecule has 0 aromatic heterocycles. The van der Waals surface area contributed by atoms with Gasteiger partial charge in [0.05, 0.1) is 18.4 Å². The Labute approximate surface area is 113 Å². The summed E-state index contributed by atoms with van der Waals surface area (Å²) in [4.78, 5) is 11.1. The lowest BCUT2D eigenvalue weighted by molar-refractivity contribution is -0.153. The van der Waals surface area contributed by atoms with Gasteiger partial charge in [0.1, 0.15) is 0 Å². The van der Waals surface area contributed by atoms with Gasteiger partial charge in [-0.1, -0.05) is 6.92 Å². The molecule has 0 radical (unpaired) electrons. The Hall–Kier alpha value is -2.12. The quantitative estimate of drug-likeness (QED) is 0.815. The van der Waals surface area contributed by atoms with Crippen LogP contribution in [0.5, 0.6) is 11.5 Å². The fraction of sp³-hybridized carbons (Fsp3) is 0.417. The summed E-state index contributed by atoms with van der Waals surface area (Å²) in [6.07, 6.45) is -4.30. The van der Waals surface area contributed by atoms with Crippen molar-refractivity contribution in [1.82, 2.24) is 0 Å². The van der Waals surface area contributed by atoms with Gasteiger partial charge >= 0.3 is 12.1 Å². The Morgan fingerprint density at radius 3 is 2.45 bits per heavy atom. The van der Waals surface area contributed by atoms with Crippen LogP contribution in [0.1, 0.15) is 22.8 Å². The second-order valence-electron chi connectivity index (χ2n) is 3.91. The maximum atomic E-state index is 12.2. The molecule has 0 saturated carbocycles. The molecule has 0 amide bonds. The topological polar surface area (TPSA) is 81.8 Å². The summed E-state index contributed by atoms with van der Waals surface area (Å²) in [6.45, 7) is 0.121. The third-order valence-corrected chi connectivity index (χ3v) is 2.54. The van der Waals surface area contributed by atoms with E-state index in [1.807, 2.05) is 0 Å². The fourth-order valence-corrected chi connectivity index (χ4v) is 1.80. The third kappa shape index (κ3) is 3.46. The van der Waals surface area contributed by atoms with E-state index in [1.165, 1.54) is 7.11 Å². The van der Waals surface area contributed by atoms with Gasteiger partial charge in [0.2, 0.25) is 0 Å². The predicted molar refractivity (Wildman–Crippen MR) is 65.3 cm³/mol. The first-order valence-corrected chi connectivity index (χ1v) is 5.63. The number of ether oxygens (including phenoxy) is 2. The average Bonchev–Trinajstić information content (AvgIpc) is 2.33. The molecule has 3 N–H and O–H groups in total. The first kappa shape index (κ1) is 15.9. The molecule has 0 aliphatic carbocycles. The summed E-state index contributed by atoms with van der Waals surface area (Å²) in [5.74, 6) is -1.56. The van der Waals surface area contributed by atoms with Crippen molar-refractivity contribution in [2.45, 2.75) is 19.5 Å². The van der Waals surface area contributed by atoms with Gasteiger partial charge in [-0.15, -0.1) is 0 Å². The van der Waals surface area contributed by atoms with Gasteiger partial charge in [-0.05, 0) is 6.42 Å². The van der Waals surface area contributed by atoms with Crippen LogP contribution in [0.4, 0.5) is 18.9 Å². The van der Waals surface area contributed by atoms with Crippen molar-refractivity contribution >= 4 is 11.7 Å². The molecule has 0 bridgehead atoms. The second-order valence-corrected chi connectivity index (χ2v) is 3.91. The molecule has 1 rings (SSSR count). The Morgan fingerprint density at radius 1 is 1.45 bits per heavy atom. The predicted octanol–water partition coefficient (Wildman–Crippen LogP) is 2.48. The van der Waals surface area contributed by atoms with E-state index in [1.54, 1.807) is 6.92 Å².